The number of benzene rings is 1. The van der Waals surface area contributed by atoms with E-state index in [1.165, 1.54) is 19.3 Å². The average molecular weight is 331 g/mol. The first kappa shape index (κ1) is 16.8. The smallest absolute Gasteiger partial charge is 0.306 e. The maximum Gasteiger partial charge on any atom is 0.306 e. The third-order valence-electron chi connectivity index (χ3n) is 5.13. The zero-order valence-electron chi connectivity index (χ0n) is 14.1. The van der Waals surface area contributed by atoms with Crippen LogP contribution in [0, 0.1) is 17.8 Å². The number of hydrogen-bond acceptors (Lipinski definition) is 4. The van der Waals surface area contributed by atoms with Crippen LogP contribution < -0.4 is 10.1 Å². The lowest BCUT2D eigenvalue weighted by Crippen LogP contribution is -2.23. The quantitative estimate of drug-likeness (QED) is 0.778. The SMILES string of the molecule is CCOc1ccc(NC(=O)COC(=O)C[C@H]2C[C@H]3CC[C@@H]2C3)cc1. The summed E-state index contributed by atoms with van der Waals surface area (Å²) in [7, 11) is 0. The van der Waals surface area contributed by atoms with Crippen LogP contribution in [0.3, 0.4) is 0 Å². The Morgan fingerprint density at radius 1 is 1.17 bits per heavy atom. The second-order valence-corrected chi connectivity index (χ2v) is 6.81. The fraction of sp³-hybridized carbons (Fsp3) is 0.579. The molecule has 1 amide bonds. The standard InChI is InChI=1S/C19H25NO4/c1-2-23-17-7-5-16(6-8-17)20-18(21)12-24-19(22)11-15-10-13-3-4-14(15)9-13/h5-8,13-15H,2-4,9-12H2,1H3,(H,20,21)/t13-,14+,15+/m0/s1. The number of carbonyl (C=O) groups excluding carboxylic acids is 2. The summed E-state index contributed by atoms with van der Waals surface area (Å²) in [5.41, 5.74) is 0.660. The van der Waals surface area contributed by atoms with Crippen LogP contribution in [0.4, 0.5) is 5.69 Å². The van der Waals surface area contributed by atoms with E-state index in [1.807, 2.05) is 6.92 Å². The molecule has 3 atom stereocenters. The van der Waals surface area contributed by atoms with E-state index in [1.54, 1.807) is 24.3 Å². The van der Waals surface area contributed by atoms with Gasteiger partial charge in [0.15, 0.2) is 6.61 Å². The number of nitrogens with one attached hydrogen (secondary N) is 1. The molecule has 3 rings (SSSR count). The fourth-order valence-electron chi connectivity index (χ4n) is 4.04. The van der Waals surface area contributed by atoms with Crippen molar-refractivity contribution in [3.05, 3.63) is 24.3 Å². The van der Waals surface area contributed by atoms with Crippen molar-refractivity contribution in [2.75, 3.05) is 18.5 Å². The van der Waals surface area contributed by atoms with Gasteiger partial charge < -0.3 is 14.8 Å². The summed E-state index contributed by atoms with van der Waals surface area (Å²) < 4.78 is 10.5. The number of carbonyl (C=O) groups is 2. The third kappa shape index (κ3) is 4.28. The van der Waals surface area contributed by atoms with Gasteiger partial charge in [0.2, 0.25) is 0 Å². The highest BCUT2D eigenvalue weighted by Crippen LogP contribution is 2.49. The Bertz CT molecular complexity index is 584. The minimum atomic E-state index is -0.319. The van der Waals surface area contributed by atoms with Crippen LogP contribution in [0.2, 0.25) is 0 Å². The summed E-state index contributed by atoms with van der Waals surface area (Å²) in [6.07, 6.45) is 5.45. The van der Waals surface area contributed by atoms with Gasteiger partial charge in [-0.15, -0.1) is 0 Å². The molecule has 2 saturated carbocycles. The van der Waals surface area contributed by atoms with Crippen molar-refractivity contribution in [2.24, 2.45) is 17.8 Å². The Labute approximate surface area is 142 Å². The molecule has 0 saturated heterocycles. The van der Waals surface area contributed by atoms with Gasteiger partial charge in [-0.25, -0.2) is 0 Å². The summed E-state index contributed by atoms with van der Waals surface area (Å²) in [5, 5.41) is 2.72. The number of esters is 1. The topological polar surface area (TPSA) is 64.6 Å². The molecule has 2 aliphatic rings. The summed E-state index contributed by atoms with van der Waals surface area (Å²) in [4.78, 5) is 23.8. The normalized spacial score (nSPS) is 24.6. The Hall–Kier alpha value is -2.04. The number of rotatable bonds is 7. The first-order valence-corrected chi connectivity index (χ1v) is 8.82. The molecule has 1 aromatic carbocycles. The molecule has 0 spiro atoms. The average Bonchev–Trinajstić information content (AvgIpc) is 3.18. The lowest BCUT2D eigenvalue weighted by Gasteiger charge is -2.20. The van der Waals surface area contributed by atoms with Crippen molar-refractivity contribution in [3.8, 4) is 5.75 Å². The van der Waals surface area contributed by atoms with E-state index in [0.29, 0.717) is 30.6 Å². The Kier molecular flexibility index (Phi) is 5.38. The first-order chi connectivity index (χ1) is 11.6. The molecular formula is C19H25NO4. The van der Waals surface area contributed by atoms with E-state index in [2.05, 4.69) is 5.32 Å². The van der Waals surface area contributed by atoms with Gasteiger partial charge in [-0.3, -0.25) is 9.59 Å². The van der Waals surface area contributed by atoms with E-state index < -0.39 is 0 Å². The Morgan fingerprint density at radius 2 is 1.96 bits per heavy atom. The highest BCUT2D eigenvalue weighted by molar-refractivity contribution is 5.92. The lowest BCUT2D eigenvalue weighted by molar-refractivity contribution is -0.148. The van der Waals surface area contributed by atoms with Gasteiger partial charge in [0.1, 0.15) is 5.75 Å². The van der Waals surface area contributed by atoms with Crippen molar-refractivity contribution in [1.82, 2.24) is 0 Å². The van der Waals surface area contributed by atoms with Crippen molar-refractivity contribution in [1.29, 1.82) is 0 Å². The lowest BCUT2D eigenvalue weighted by atomic mass is 9.86. The molecule has 2 bridgehead atoms. The highest BCUT2D eigenvalue weighted by Gasteiger charge is 2.40. The minimum absolute atomic E-state index is 0.229. The Balaban J connectivity index is 1.38. The summed E-state index contributed by atoms with van der Waals surface area (Å²) in [6.45, 7) is 2.29. The van der Waals surface area contributed by atoms with Crippen LogP contribution in [0.5, 0.6) is 5.75 Å². The zero-order valence-corrected chi connectivity index (χ0v) is 14.1. The van der Waals surface area contributed by atoms with Gasteiger partial charge in [0, 0.05) is 12.1 Å². The molecule has 1 N–H and O–H groups in total. The van der Waals surface area contributed by atoms with E-state index in [0.717, 1.165) is 18.1 Å². The second kappa shape index (κ2) is 7.69. The van der Waals surface area contributed by atoms with Gasteiger partial charge in [-0.05, 0) is 68.2 Å². The number of fused-ring (bicyclic) bond motifs is 2. The van der Waals surface area contributed by atoms with Crippen LogP contribution in [-0.2, 0) is 14.3 Å². The van der Waals surface area contributed by atoms with Crippen molar-refractivity contribution >= 4 is 17.6 Å². The number of anilines is 1. The predicted octanol–water partition coefficient (Wildman–Crippen LogP) is 3.39. The molecule has 130 valence electrons. The van der Waals surface area contributed by atoms with Crippen LogP contribution in [-0.4, -0.2) is 25.1 Å². The number of hydrogen-bond donors (Lipinski definition) is 1. The molecule has 2 aliphatic carbocycles. The van der Waals surface area contributed by atoms with E-state index in [4.69, 9.17) is 9.47 Å². The summed E-state index contributed by atoms with van der Waals surface area (Å²) >= 11 is 0. The molecule has 0 unspecified atom stereocenters. The number of amides is 1. The van der Waals surface area contributed by atoms with E-state index in [9.17, 15) is 9.59 Å². The zero-order chi connectivity index (χ0) is 16.9. The molecule has 5 heteroatoms. The van der Waals surface area contributed by atoms with Crippen LogP contribution >= 0.6 is 0 Å². The summed E-state index contributed by atoms with van der Waals surface area (Å²) in [6, 6.07) is 7.11. The molecule has 0 aliphatic heterocycles. The van der Waals surface area contributed by atoms with Gasteiger partial charge in [-0.2, -0.15) is 0 Å². The van der Waals surface area contributed by atoms with Crippen LogP contribution in [0.1, 0.15) is 39.0 Å². The molecular weight excluding hydrogens is 306 g/mol. The van der Waals surface area contributed by atoms with Crippen molar-refractivity contribution in [3.63, 3.8) is 0 Å². The molecule has 0 heterocycles. The largest absolute Gasteiger partial charge is 0.494 e. The van der Waals surface area contributed by atoms with E-state index in [-0.39, 0.29) is 18.5 Å². The van der Waals surface area contributed by atoms with E-state index >= 15 is 0 Å². The van der Waals surface area contributed by atoms with Crippen molar-refractivity contribution < 1.29 is 19.1 Å². The Morgan fingerprint density at radius 3 is 2.58 bits per heavy atom. The minimum Gasteiger partial charge on any atom is -0.494 e. The molecule has 0 radical (unpaired) electrons. The first-order valence-electron chi connectivity index (χ1n) is 8.82. The van der Waals surface area contributed by atoms with Gasteiger partial charge in [-0.1, -0.05) is 6.42 Å². The van der Waals surface area contributed by atoms with Crippen molar-refractivity contribution in [2.45, 2.75) is 39.0 Å². The predicted molar refractivity (Wildman–Crippen MR) is 90.8 cm³/mol. The fourth-order valence-corrected chi connectivity index (χ4v) is 4.04. The molecule has 24 heavy (non-hydrogen) atoms. The van der Waals surface area contributed by atoms with Crippen LogP contribution in [0.15, 0.2) is 24.3 Å². The highest BCUT2D eigenvalue weighted by atomic mass is 16.5. The van der Waals surface area contributed by atoms with Gasteiger partial charge in [0.25, 0.3) is 5.91 Å². The van der Waals surface area contributed by atoms with Crippen LogP contribution in [0.25, 0.3) is 0 Å². The third-order valence-corrected chi connectivity index (χ3v) is 5.13. The maximum atomic E-state index is 11.9. The molecule has 0 aromatic heterocycles. The van der Waals surface area contributed by atoms with Gasteiger partial charge in [0.05, 0.1) is 6.61 Å². The second-order valence-electron chi connectivity index (χ2n) is 6.81. The number of ether oxygens (including phenoxy) is 2. The molecule has 5 nitrogen and oxygen atoms in total. The maximum absolute atomic E-state index is 11.9. The monoisotopic (exact) mass is 331 g/mol. The molecule has 1 aromatic rings. The molecule has 2 fully saturated rings. The van der Waals surface area contributed by atoms with Gasteiger partial charge >= 0.3 is 5.97 Å². The summed E-state index contributed by atoms with van der Waals surface area (Å²) in [5.74, 6) is 2.16.